The average Bonchev–Trinajstić information content (AvgIpc) is 1.62. The fraction of sp³-hybridized carbons (Fsp3) is 1.00. The van der Waals surface area contributed by atoms with Crippen molar-refractivity contribution in [2.24, 2.45) is 0 Å². The van der Waals surface area contributed by atoms with Crippen LogP contribution in [0.15, 0.2) is 0 Å². The van der Waals surface area contributed by atoms with Crippen LogP contribution in [-0.4, -0.2) is 13.5 Å². The lowest BCUT2D eigenvalue weighted by molar-refractivity contribution is 0.370. The third kappa shape index (κ3) is 3.02. The van der Waals surface area contributed by atoms with Gasteiger partial charge in [0.05, 0.1) is 0 Å². The molecule has 0 aliphatic rings. The van der Waals surface area contributed by atoms with Crippen LogP contribution in [-0.2, 0) is 4.57 Å². The molecule has 0 aliphatic heterocycles. The van der Waals surface area contributed by atoms with Gasteiger partial charge in [-0.25, -0.2) is 0 Å². The van der Waals surface area contributed by atoms with Gasteiger partial charge in [0.15, 0.2) is 0 Å². The summed E-state index contributed by atoms with van der Waals surface area (Å²) in [6.45, 7) is 1.75. The summed E-state index contributed by atoms with van der Waals surface area (Å²) >= 11 is 1.75. The summed E-state index contributed by atoms with van der Waals surface area (Å²) in [6, 6.07) is 0. The number of halogens is 1. The van der Waals surface area contributed by atoms with Crippen LogP contribution in [0.5, 0.6) is 0 Å². The number of hydrogen-bond donors (Lipinski definition) is 2. The zero-order valence-corrected chi connectivity index (χ0v) is 7.46. The van der Waals surface area contributed by atoms with E-state index in [9.17, 15) is 4.57 Å². The van der Waals surface area contributed by atoms with E-state index in [0.29, 0.717) is 6.42 Å². The Kier molecular flexibility index (Phi) is 3.50. The molecule has 0 bridgehead atoms. The Morgan fingerprint density at radius 1 is 1.75 bits per heavy atom. The Bertz CT molecular complexity index is 109. The van der Waals surface area contributed by atoms with Crippen LogP contribution < -0.4 is 0 Å². The molecule has 0 amide bonds. The average molecular weight is 250 g/mol. The van der Waals surface area contributed by atoms with Crippen molar-refractivity contribution >= 4 is 30.2 Å². The molecule has 2 N–H and O–H groups in total. The molecule has 1 unspecified atom stereocenters. The van der Waals surface area contributed by atoms with E-state index in [0.717, 1.165) is 0 Å². The van der Waals surface area contributed by atoms with Crippen LogP contribution in [0.25, 0.3) is 0 Å². The van der Waals surface area contributed by atoms with E-state index in [1.165, 1.54) is 0 Å². The van der Waals surface area contributed by atoms with Gasteiger partial charge in [0.25, 0.3) is 0 Å². The first-order valence-corrected chi connectivity index (χ1v) is 5.10. The van der Waals surface area contributed by atoms with Crippen molar-refractivity contribution in [1.82, 2.24) is 0 Å². The van der Waals surface area contributed by atoms with Gasteiger partial charge in [-0.05, 0) is 6.42 Å². The lowest BCUT2D eigenvalue weighted by Crippen LogP contribution is -1.94. The predicted molar refractivity (Wildman–Crippen MR) is 40.1 cm³/mol. The smallest absolute Gasteiger partial charge is 0.324 e. The normalized spacial score (nSPS) is 16.0. The maximum absolute atomic E-state index is 10.2. The Labute approximate surface area is 61.8 Å². The lowest BCUT2D eigenvalue weighted by Gasteiger charge is -2.06. The van der Waals surface area contributed by atoms with Crippen molar-refractivity contribution in [2.75, 3.05) is 0 Å². The van der Waals surface area contributed by atoms with E-state index in [1.807, 2.05) is 0 Å². The molecule has 50 valence electrons. The number of hydrogen-bond acceptors (Lipinski definition) is 1. The summed E-state index contributed by atoms with van der Waals surface area (Å²) in [5.41, 5.74) is 0. The largest absolute Gasteiger partial charge is 0.338 e. The Hall–Kier alpha value is 0.880. The van der Waals surface area contributed by atoms with Crippen LogP contribution in [0.3, 0.4) is 0 Å². The van der Waals surface area contributed by atoms with Crippen molar-refractivity contribution < 1.29 is 14.4 Å². The van der Waals surface area contributed by atoms with Gasteiger partial charge in [-0.2, -0.15) is 0 Å². The van der Waals surface area contributed by atoms with Gasteiger partial charge in [0.1, 0.15) is 3.67 Å². The van der Waals surface area contributed by atoms with Gasteiger partial charge in [0.2, 0.25) is 0 Å². The lowest BCUT2D eigenvalue weighted by atomic mass is 10.6. The number of rotatable bonds is 2. The minimum absolute atomic E-state index is 0.514. The highest BCUT2D eigenvalue weighted by molar-refractivity contribution is 14.1. The molecule has 0 fully saturated rings. The molecular weight excluding hydrogens is 242 g/mol. The monoisotopic (exact) mass is 250 g/mol. The SMILES string of the molecule is CCC(I)P(=O)(O)O. The van der Waals surface area contributed by atoms with Crippen molar-refractivity contribution in [1.29, 1.82) is 0 Å². The Morgan fingerprint density at radius 3 is 2.12 bits per heavy atom. The zero-order valence-electron chi connectivity index (χ0n) is 4.41. The molecule has 0 aromatic carbocycles. The highest BCUT2D eigenvalue weighted by Gasteiger charge is 2.22. The van der Waals surface area contributed by atoms with Gasteiger partial charge >= 0.3 is 7.60 Å². The number of alkyl halides is 1. The van der Waals surface area contributed by atoms with Crippen LogP contribution >= 0.6 is 30.2 Å². The van der Waals surface area contributed by atoms with Crippen LogP contribution in [0, 0.1) is 0 Å². The second-order valence-corrected chi connectivity index (χ2v) is 5.72. The molecule has 0 aromatic heterocycles. The van der Waals surface area contributed by atoms with Gasteiger partial charge in [-0.1, -0.05) is 29.5 Å². The maximum Gasteiger partial charge on any atom is 0.338 e. The second-order valence-electron chi connectivity index (χ2n) is 1.43. The fourth-order valence-electron chi connectivity index (χ4n) is 0.238. The maximum atomic E-state index is 10.2. The van der Waals surface area contributed by atoms with Crippen molar-refractivity contribution in [2.45, 2.75) is 17.0 Å². The molecule has 0 spiro atoms. The van der Waals surface area contributed by atoms with Crippen molar-refractivity contribution in [3.05, 3.63) is 0 Å². The fourth-order valence-corrected chi connectivity index (χ4v) is 0.714. The highest BCUT2D eigenvalue weighted by atomic mass is 127. The molecule has 1 atom stereocenters. The van der Waals surface area contributed by atoms with Gasteiger partial charge < -0.3 is 9.79 Å². The molecule has 0 aliphatic carbocycles. The van der Waals surface area contributed by atoms with Crippen LogP contribution in [0.4, 0.5) is 0 Å². The third-order valence-electron chi connectivity index (χ3n) is 0.702. The molecule has 3 nitrogen and oxygen atoms in total. The molecule has 0 saturated heterocycles. The Morgan fingerprint density at radius 2 is 2.12 bits per heavy atom. The second kappa shape index (κ2) is 3.15. The first kappa shape index (κ1) is 8.88. The standard InChI is InChI=1S/C3H8IO3P/c1-2-3(4)8(5,6)7/h3H,2H2,1H3,(H2,5,6,7). The van der Waals surface area contributed by atoms with Gasteiger partial charge in [-0.15, -0.1) is 0 Å². The predicted octanol–water partition coefficient (Wildman–Crippen LogP) is 1.34. The molecular formula is C3H8IO3P. The first-order chi connectivity index (χ1) is 3.48. The summed E-state index contributed by atoms with van der Waals surface area (Å²) in [7, 11) is -3.77. The molecule has 0 aromatic rings. The summed E-state index contributed by atoms with van der Waals surface area (Å²) in [5.74, 6) is 0. The molecule has 0 rings (SSSR count). The first-order valence-electron chi connectivity index (χ1n) is 2.17. The highest BCUT2D eigenvalue weighted by Crippen LogP contribution is 2.46. The van der Waals surface area contributed by atoms with Gasteiger partial charge in [-0.3, -0.25) is 4.57 Å². The van der Waals surface area contributed by atoms with E-state index >= 15 is 0 Å². The topological polar surface area (TPSA) is 57.5 Å². The summed E-state index contributed by atoms with van der Waals surface area (Å²) < 4.78 is 9.74. The van der Waals surface area contributed by atoms with E-state index in [4.69, 9.17) is 9.79 Å². The minimum atomic E-state index is -3.77. The van der Waals surface area contributed by atoms with E-state index < -0.39 is 11.3 Å². The molecule has 5 heteroatoms. The van der Waals surface area contributed by atoms with Crippen molar-refractivity contribution in [3.63, 3.8) is 0 Å². The summed E-state index contributed by atoms with van der Waals surface area (Å²) in [6.07, 6.45) is 0.519. The molecule has 0 radical (unpaired) electrons. The summed E-state index contributed by atoms with van der Waals surface area (Å²) in [4.78, 5) is 16.8. The molecule has 8 heavy (non-hydrogen) atoms. The van der Waals surface area contributed by atoms with Crippen molar-refractivity contribution in [3.8, 4) is 0 Å². The van der Waals surface area contributed by atoms with Gasteiger partial charge in [0, 0.05) is 0 Å². The molecule has 0 saturated carbocycles. The minimum Gasteiger partial charge on any atom is -0.324 e. The van der Waals surface area contributed by atoms with Crippen LogP contribution in [0.1, 0.15) is 13.3 Å². The van der Waals surface area contributed by atoms with E-state index in [-0.39, 0.29) is 0 Å². The quantitative estimate of drug-likeness (QED) is 0.441. The zero-order chi connectivity index (χ0) is 6.78. The summed E-state index contributed by atoms with van der Waals surface area (Å²) in [5, 5.41) is 0. The van der Waals surface area contributed by atoms with E-state index in [2.05, 4.69) is 0 Å². The van der Waals surface area contributed by atoms with E-state index in [1.54, 1.807) is 29.5 Å². The molecule has 0 heterocycles. The van der Waals surface area contributed by atoms with Crippen LogP contribution in [0.2, 0.25) is 0 Å². The Balaban J connectivity index is 3.82. The third-order valence-corrected chi connectivity index (χ3v) is 4.85.